The van der Waals surface area contributed by atoms with Crippen LogP contribution < -0.4 is 18.9 Å². The number of nitrogens with zero attached hydrogens (tertiary/aromatic N) is 1. The molecule has 4 aromatic carbocycles. The van der Waals surface area contributed by atoms with Crippen molar-refractivity contribution in [1.82, 2.24) is 4.90 Å². The zero-order valence-corrected chi connectivity index (χ0v) is 36.4. The molecule has 0 N–H and O–H groups in total. The molecule has 0 aromatic heterocycles. The van der Waals surface area contributed by atoms with Crippen LogP contribution in [0, 0.1) is 0 Å². The minimum Gasteiger partial charge on any atom is -0.494 e. The third-order valence-corrected chi connectivity index (χ3v) is 9.53. The molecule has 5 rings (SSSR count). The van der Waals surface area contributed by atoms with Gasteiger partial charge in [-0.2, -0.15) is 0 Å². The molecule has 1 heterocycles. The molecule has 4 aromatic rings. The van der Waals surface area contributed by atoms with Gasteiger partial charge in [0.25, 0.3) is 11.8 Å². The summed E-state index contributed by atoms with van der Waals surface area (Å²) in [4.78, 5) is 100. The SMILES string of the molecule is C=CC(=O)OCCCCCCOc1ccc(C(=O)Oc2ccc(C(=O)O[C@H]3C(=O)N(C)C(=O)[C@@H]3OC(=O)c3ccc(OC(=O)c4ccc(OCCOCCOC(=O)C=C)cc4)cc3)cc2)cc1. The summed E-state index contributed by atoms with van der Waals surface area (Å²) in [6.07, 6.45) is 1.87. The summed E-state index contributed by atoms with van der Waals surface area (Å²) in [5.74, 6) is -5.03. The molecule has 0 spiro atoms. The first kappa shape index (κ1) is 49.9. The molecular formula is C49H47NO17. The average molecular weight is 922 g/mol. The van der Waals surface area contributed by atoms with Crippen molar-refractivity contribution in [2.45, 2.75) is 37.9 Å². The number of rotatable bonds is 25. The molecule has 0 unspecified atom stereocenters. The molecule has 18 nitrogen and oxygen atoms in total. The first-order valence-corrected chi connectivity index (χ1v) is 20.9. The number of amides is 2. The third-order valence-electron chi connectivity index (χ3n) is 9.53. The molecule has 0 saturated carbocycles. The number of benzene rings is 4. The van der Waals surface area contributed by atoms with Gasteiger partial charge in [-0.25, -0.2) is 28.8 Å². The minimum absolute atomic E-state index is 0.0595. The Bertz CT molecular complexity index is 2390. The molecule has 67 heavy (non-hydrogen) atoms. The van der Waals surface area contributed by atoms with Crippen molar-refractivity contribution in [3.63, 3.8) is 0 Å². The number of likely N-dealkylation sites (N-methyl/N-ethyl adjacent to an activating group) is 1. The second-order valence-electron chi connectivity index (χ2n) is 14.2. The number of imide groups is 1. The van der Waals surface area contributed by atoms with E-state index < -0.39 is 59.8 Å². The number of carbonyl (C=O) groups is 8. The molecule has 0 aliphatic carbocycles. The monoisotopic (exact) mass is 921 g/mol. The topological polar surface area (TPSA) is 223 Å². The van der Waals surface area contributed by atoms with E-state index in [4.69, 9.17) is 42.6 Å². The predicted molar refractivity (Wildman–Crippen MR) is 234 cm³/mol. The van der Waals surface area contributed by atoms with Gasteiger partial charge in [-0.05, 0) is 123 Å². The van der Waals surface area contributed by atoms with Crippen molar-refractivity contribution in [3.05, 3.63) is 145 Å². The Morgan fingerprint density at radius 3 is 1.25 bits per heavy atom. The third kappa shape index (κ3) is 15.2. The van der Waals surface area contributed by atoms with Gasteiger partial charge in [0, 0.05) is 19.2 Å². The van der Waals surface area contributed by atoms with E-state index in [9.17, 15) is 38.4 Å². The molecule has 1 saturated heterocycles. The summed E-state index contributed by atoms with van der Waals surface area (Å²) in [6, 6.07) is 22.9. The number of likely N-dealkylation sites (tertiary alicyclic amines) is 1. The maximum Gasteiger partial charge on any atom is 0.343 e. The van der Waals surface area contributed by atoms with E-state index in [2.05, 4.69) is 13.2 Å². The molecular weight excluding hydrogens is 875 g/mol. The number of unbranched alkanes of at least 4 members (excludes halogenated alkanes) is 3. The molecule has 0 radical (unpaired) electrons. The number of hydrogen-bond donors (Lipinski definition) is 0. The van der Waals surface area contributed by atoms with E-state index in [1.54, 1.807) is 36.4 Å². The lowest BCUT2D eigenvalue weighted by molar-refractivity contribution is -0.140. The number of hydrogen-bond acceptors (Lipinski definition) is 17. The van der Waals surface area contributed by atoms with Gasteiger partial charge >= 0.3 is 35.8 Å². The fourth-order valence-electron chi connectivity index (χ4n) is 5.92. The molecule has 18 heteroatoms. The minimum atomic E-state index is -1.80. The van der Waals surface area contributed by atoms with E-state index >= 15 is 0 Å². The molecule has 2 atom stereocenters. The number of ether oxygens (including phenoxy) is 9. The van der Waals surface area contributed by atoms with Crippen LogP contribution in [0.3, 0.4) is 0 Å². The lowest BCUT2D eigenvalue weighted by Crippen LogP contribution is -2.37. The van der Waals surface area contributed by atoms with Crippen LogP contribution >= 0.6 is 0 Å². The van der Waals surface area contributed by atoms with Crippen LogP contribution in [0.1, 0.15) is 67.1 Å². The van der Waals surface area contributed by atoms with Crippen molar-refractivity contribution in [1.29, 1.82) is 0 Å². The Labute approximate surface area is 384 Å². The Balaban J connectivity index is 1.05. The van der Waals surface area contributed by atoms with Gasteiger partial charge in [0.1, 0.15) is 36.2 Å². The molecule has 350 valence electrons. The van der Waals surface area contributed by atoms with E-state index in [0.29, 0.717) is 29.6 Å². The number of carbonyl (C=O) groups excluding carboxylic acids is 8. The summed E-state index contributed by atoms with van der Waals surface area (Å²) >= 11 is 0. The van der Waals surface area contributed by atoms with Crippen molar-refractivity contribution >= 4 is 47.6 Å². The first-order chi connectivity index (χ1) is 32.4. The maximum atomic E-state index is 13.1. The summed E-state index contributed by atoms with van der Waals surface area (Å²) in [5, 5.41) is 0. The fourth-order valence-corrected chi connectivity index (χ4v) is 5.92. The van der Waals surface area contributed by atoms with Gasteiger partial charge in [0.2, 0.25) is 12.2 Å². The summed E-state index contributed by atoms with van der Waals surface area (Å²) < 4.78 is 47.9. The maximum absolute atomic E-state index is 13.1. The Morgan fingerprint density at radius 1 is 0.463 bits per heavy atom. The second kappa shape index (κ2) is 25.4. The average Bonchev–Trinajstić information content (AvgIpc) is 3.53. The lowest BCUT2D eigenvalue weighted by atomic mass is 10.2. The fraction of sp³-hybridized carbons (Fsp3) is 0.265. The van der Waals surface area contributed by atoms with Gasteiger partial charge < -0.3 is 42.6 Å². The summed E-state index contributed by atoms with van der Waals surface area (Å²) in [5.41, 5.74) is 0.323. The van der Waals surface area contributed by atoms with Crippen LogP contribution in [0.5, 0.6) is 23.0 Å². The van der Waals surface area contributed by atoms with Gasteiger partial charge in [-0.15, -0.1) is 0 Å². The number of esters is 6. The Morgan fingerprint density at radius 2 is 0.821 bits per heavy atom. The molecule has 0 bridgehead atoms. The predicted octanol–water partition coefficient (Wildman–Crippen LogP) is 5.67. The van der Waals surface area contributed by atoms with E-state index in [1.807, 2.05) is 0 Å². The van der Waals surface area contributed by atoms with Gasteiger partial charge in [-0.3, -0.25) is 14.5 Å². The van der Waals surface area contributed by atoms with E-state index in [1.165, 1.54) is 60.7 Å². The summed E-state index contributed by atoms with van der Waals surface area (Å²) in [7, 11) is 1.15. The molecule has 1 aliphatic rings. The van der Waals surface area contributed by atoms with Gasteiger partial charge in [0.15, 0.2) is 0 Å². The Hall–Kier alpha value is -8.12. The van der Waals surface area contributed by atoms with Crippen LogP contribution in [0.2, 0.25) is 0 Å². The smallest absolute Gasteiger partial charge is 0.343 e. The largest absolute Gasteiger partial charge is 0.494 e. The van der Waals surface area contributed by atoms with Crippen molar-refractivity contribution in [2.75, 3.05) is 46.7 Å². The van der Waals surface area contributed by atoms with Crippen LogP contribution in [-0.4, -0.2) is 111 Å². The van der Waals surface area contributed by atoms with Crippen molar-refractivity contribution in [3.8, 4) is 23.0 Å². The quantitative estimate of drug-likeness (QED) is 0.0195. The van der Waals surface area contributed by atoms with Gasteiger partial charge in [-0.1, -0.05) is 13.2 Å². The van der Waals surface area contributed by atoms with Crippen LogP contribution in [0.25, 0.3) is 0 Å². The highest BCUT2D eigenvalue weighted by Crippen LogP contribution is 2.24. The van der Waals surface area contributed by atoms with Gasteiger partial charge in [0.05, 0.1) is 48.7 Å². The van der Waals surface area contributed by atoms with Crippen LogP contribution in [-0.2, 0) is 42.9 Å². The zero-order chi connectivity index (χ0) is 48.1. The van der Waals surface area contributed by atoms with Crippen LogP contribution in [0.4, 0.5) is 0 Å². The molecule has 2 amide bonds. The van der Waals surface area contributed by atoms with Crippen molar-refractivity contribution < 1.29 is 81.0 Å². The Kier molecular flexibility index (Phi) is 18.9. The van der Waals surface area contributed by atoms with E-state index in [0.717, 1.165) is 44.9 Å². The molecule has 1 aliphatic heterocycles. The lowest BCUT2D eigenvalue weighted by Gasteiger charge is -2.17. The first-order valence-electron chi connectivity index (χ1n) is 20.9. The van der Waals surface area contributed by atoms with E-state index in [-0.39, 0.29) is 60.2 Å². The molecule has 1 fully saturated rings. The van der Waals surface area contributed by atoms with Crippen LogP contribution in [0.15, 0.2) is 122 Å². The van der Waals surface area contributed by atoms with Crippen molar-refractivity contribution in [2.24, 2.45) is 0 Å². The standard InChI is InChI=1S/C49H47NO17/c1-4-40(51)62-27-9-7-6-8-26-60-36-18-10-32(11-19-36)46(55)64-38-22-14-34(15-23-38)48(57)66-42-43(45(54)50(3)44(42)53)67-49(58)35-16-24-39(25-17-35)65-47(56)33-12-20-37(21-13-33)61-30-28-59-29-31-63-41(52)5-2/h4-5,10-25,42-43H,1-2,6-9,26-31H2,3H3/t42-,43-/m1/s1. The highest BCUT2D eigenvalue weighted by Gasteiger charge is 2.51. The highest BCUT2D eigenvalue weighted by atomic mass is 16.6. The zero-order valence-electron chi connectivity index (χ0n) is 36.4. The normalized spacial score (nSPS) is 14.0. The summed E-state index contributed by atoms with van der Waals surface area (Å²) in [6.45, 7) is 8.17. The highest BCUT2D eigenvalue weighted by molar-refractivity contribution is 6.10. The second-order valence-corrected chi connectivity index (χ2v) is 14.2.